The fourth-order valence-corrected chi connectivity index (χ4v) is 1.73. The lowest BCUT2D eigenvalue weighted by atomic mass is 9.90. The minimum Gasteiger partial charge on any atom is -0.420 e. The Morgan fingerprint density at radius 1 is 1.53 bits per heavy atom. The van der Waals surface area contributed by atoms with Crippen molar-refractivity contribution in [1.82, 2.24) is 10.2 Å². The number of hydrogen-bond acceptors (Lipinski definition) is 4. The van der Waals surface area contributed by atoms with Crippen LogP contribution in [0, 0.1) is 18.3 Å². The van der Waals surface area contributed by atoms with Gasteiger partial charge in [-0.25, -0.2) is 0 Å². The standard InChI is InChI=1S/C9H7F3N4O/c1-3-5-6(9(10,11)12)4(2-13)7(14)17-8(5)16-15-3/h6H,14H2,1H3,(H,15,16). The van der Waals surface area contributed by atoms with E-state index >= 15 is 0 Å². The first-order chi connectivity index (χ1) is 7.86. The number of ether oxygens (including phenoxy) is 1. The number of aryl methyl sites for hydroxylation is 1. The number of nitriles is 1. The highest BCUT2D eigenvalue weighted by atomic mass is 19.4. The number of allylic oxidation sites excluding steroid dienone is 1. The van der Waals surface area contributed by atoms with E-state index in [1.165, 1.54) is 13.0 Å². The second-order valence-corrected chi connectivity index (χ2v) is 3.53. The van der Waals surface area contributed by atoms with Crippen LogP contribution in [0.25, 0.3) is 0 Å². The average molecular weight is 244 g/mol. The number of alkyl halides is 3. The molecule has 0 radical (unpaired) electrons. The molecule has 1 unspecified atom stereocenters. The van der Waals surface area contributed by atoms with Gasteiger partial charge in [-0.3, -0.25) is 5.10 Å². The zero-order valence-corrected chi connectivity index (χ0v) is 8.59. The number of fused-ring (bicyclic) bond motifs is 1. The third-order valence-electron chi connectivity index (χ3n) is 2.46. The lowest BCUT2D eigenvalue weighted by Gasteiger charge is -2.24. The highest BCUT2D eigenvalue weighted by molar-refractivity contribution is 5.49. The summed E-state index contributed by atoms with van der Waals surface area (Å²) in [6.07, 6.45) is -4.62. The number of halogens is 3. The van der Waals surface area contributed by atoms with Crippen LogP contribution >= 0.6 is 0 Å². The second-order valence-electron chi connectivity index (χ2n) is 3.53. The molecule has 1 atom stereocenters. The van der Waals surface area contributed by atoms with Gasteiger partial charge in [0, 0.05) is 5.69 Å². The van der Waals surface area contributed by atoms with Gasteiger partial charge in [0.2, 0.25) is 11.8 Å². The van der Waals surface area contributed by atoms with Crippen LogP contribution in [0.5, 0.6) is 5.88 Å². The molecule has 1 aromatic rings. The zero-order chi connectivity index (χ0) is 12.8. The molecule has 3 N–H and O–H groups in total. The summed E-state index contributed by atoms with van der Waals surface area (Å²) >= 11 is 0. The number of nitrogens with two attached hydrogens (primary N) is 1. The second kappa shape index (κ2) is 3.41. The molecule has 0 fully saturated rings. The minimum absolute atomic E-state index is 0.191. The Morgan fingerprint density at radius 3 is 2.71 bits per heavy atom. The lowest BCUT2D eigenvalue weighted by Crippen LogP contribution is -2.29. The third kappa shape index (κ3) is 1.60. The molecule has 17 heavy (non-hydrogen) atoms. The number of nitrogens with zero attached hydrogens (tertiary/aromatic N) is 2. The highest BCUT2D eigenvalue weighted by Gasteiger charge is 2.50. The maximum atomic E-state index is 12.9. The highest BCUT2D eigenvalue weighted by Crippen LogP contribution is 2.47. The number of aromatic nitrogens is 2. The number of aromatic amines is 1. The van der Waals surface area contributed by atoms with Gasteiger partial charge in [-0.05, 0) is 6.92 Å². The summed E-state index contributed by atoms with van der Waals surface area (Å²) in [6.45, 7) is 1.42. The molecule has 8 heteroatoms. The molecule has 0 aromatic carbocycles. The largest absolute Gasteiger partial charge is 0.420 e. The van der Waals surface area contributed by atoms with E-state index in [2.05, 4.69) is 10.2 Å². The van der Waals surface area contributed by atoms with Crippen molar-refractivity contribution in [2.24, 2.45) is 5.73 Å². The van der Waals surface area contributed by atoms with Crippen LogP contribution in [-0.4, -0.2) is 16.4 Å². The molecule has 1 aliphatic rings. The van der Waals surface area contributed by atoms with Crippen molar-refractivity contribution >= 4 is 0 Å². The molecule has 0 spiro atoms. The van der Waals surface area contributed by atoms with Gasteiger partial charge in [-0.15, -0.1) is 5.10 Å². The van der Waals surface area contributed by atoms with Crippen LogP contribution in [0.2, 0.25) is 0 Å². The molecular weight excluding hydrogens is 237 g/mol. The zero-order valence-electron chi connectivity index (χ0n) is 8.59. The van der Waals surface area contributed by atoms with Crippen LogP contribution in [0.15, 0.2) is 11.5 Å². The summed E-state index contributed by atoms with van der Waals surface area (Å²) in [4.78, 5) is 0. The summed E-state index contributed by atoms with van der Waals surface area (Å²) in [7, 11) is 0. The summed E-state index contributed by atoms with van der Waals surface area (Å²) in [5, 5.41) is 14.7. The van der Waals surface area contributed by atoms with E-state index in [9.17, 15) is 13.2 Å². The predicted molar refractivity (Wildman–Crippen MR) is 49.6 cm³/mol. The van der Waals surface area contributed by atoms with Crippen molar-refractivity contribution in [3.8, 4) is 11.9 Å². The van der Waals surface area contributed by atoms with E-state index in [0.29, 0.717) is 0 Å². The normalized spacial score (nSPS) is 19.6. The van der Waals surface area contributed by atoms with E-state index in [4.69, 9.17) is 15.7 Å². The molecule has 0 aliphatic carbocycles. The Balaban J connectivity index is 2.67. The molecule has 90 valence electrons. The molecular formula is C9H7F3N4O. The van der Waals surface area contributed by atoms with Crippen LogP contribution in [0.1, 0.15) is 17.2 Å². The topological polar surface area (TPSA) is 87.7 Å². The molecule has 0 amide bonds. The monoisotopic (exact) mass is 244 g/mol. The molecule has 0 saturated heterocycles. The van der Waals surface area contributed by atoms with Gasteiger partial charge in [0.25, 0.3) is 0 Å². The quantitative estimate of drug-likeness (QED) is 0.723. The molecule has 0 bridgehead atoms. The predicted octanol–water partition coefficient (Wildman–Crippen LogP) is 1.45. The Hall–Kier alpha value is -2.17. The van der Waals surface area contributed by atoms with Gasteiger partial charge in [0.1, 0.15) is 17.6 Å². The van der Waals surface area contributed by atoms with Gasteiger partial charge < -0.3 is 10.5 Å². The molecule has 1 aliphatic heterocycles. The molecule has 0 saturated carbocycles. The number of rotatable bonds is 0. The average Bonchev–Trinajstić information content (AvgIpc) is 2.56. The van der Waals surface area contributed by atoms with Gasteiger partial charge in [0.15, 0.2) is 0 Å². The SMILES string of the molecule is Cc1[nH]nc2c1C(C(F)(F)F)C(C#N)=C(N)O2. The molecule has 5 nitrogen and oxygen atoms in total. The number of nitrogens with one attached hydrogen (secondary N) is 1. The van der Waals surface area contributed by atoms with Crippen molar-refractivity contribution < 1.29 is 17.9 Å². The van der Waals surface area contributed by atoms with E-state index in [1.807, 2.05) is 0 Å². The van der Waals surface area contributed by atoms with Crippen molar-refractivity contribution in [2.45, 2.75) is 19.0 Å². The smallest absolute Gasteiger partial charge is 0.400 e. The fraction of sp³-hybridized carbons (Fsp3) is 0.333. The van der Waals surface area contributed by atoms with Gasteiger partial charge in [0.05, 0.1) is 5.56 Å². The van der Waals surface area contributed by atoms with Gasteiger partial charge in [-0.1, -0.05) is 0 Å². The van der Waals surface area contributed by atoms with Gasteiger partial charge in [-0.2, -0.15) is 18.4 Å². The Kier molecular flexibility index (Phi) is 2.27. The summed E-state index contributed by atoms with van der Waals surface area (Å²) in [5.41, 5.74) is 4.64. The molecule has 2 heterocycles. The van der Waals surface area contributed by atoms with E-state index in [0.717, 1.165) is 0 Å². The van der Waals surface area contributed by atoms with Crippen molar-refractivity contribution in [2.75, 3.05) is 0 Å². The van der Waals surface area contributed by atoms with E-state index in [1.54, 1.807) is 0 Å². The lowest BCUT2D eigenvalue weighted by molar-refractivity contribution is -0.142. The Labute approximate surface area is 93.7 Å². The van der Waals surface area contributed by atoms with Crippen molar-refractivity contribution in [3.05, 3.63) is 22.7 Å². The van der Waals surface area contributed by atoms with Crippen LogP contribution in [-0.2, 0) is 0 Å². The Bertz CT molecular complexity index is 537. The van der Waals surface area contributed by atoms with Crippen molar-refractivity contribution in [1.29, 1.82) is 5.26 Å². The van der Waals surface area contributed by atoms with Gasteiger partial charge >= 0.3 is 6.18 Å². The number of H-pyrrole nitrogens is 1. The summed E-state index contributed by atoms with van der Waals surface area (Å²) < 4.78 is 43.7. The van der Waals surface area contributed by atoms with Crippen LogP contribution < -0.4 is 10.5 Å². The molecule has 2 rings (SSSR count). The fourth-order valence-electron chi connectivity index (χ4n) is 1.73. The summed E-state index contributed by atoms with van der Waals surface area (Å²) in [6, 6.07) is 1.44. The van der Waals surface area contributed by atoms with Crippen molar-refractivity contribution in [3.63, 3.8) is 0 Å². The first-order valence-electron chi connectivity index (χ1n) is 4.55. The first kappa shape index (κ1) is 11.3. The van der Waals surface area contributed by atoms with Crippen LogP contribution in [0.4, 0.5) is 13.2 Å². The number of hydrogen-bond donors (Lipinski definition) is 2. The maximum absolute atomic E-state index is 12.9. The van der Waals surface area contributed by atoms with E-state index in [-0.39, 0.29) is 17.1 Å². The maximum Gasteiger partial charge on any atom is 0.400 e. The van der Waals surface area contributed by atoms with Crippen LogP contribution in [0.3, 0.4) is 0 Å². The Morgan fingerprint density at radius 2 is 2.18 bits per heavy atom. The minimum atomic E-state index is -4.62. The molecule has 1 aromatic heterocycles. The summed E-state index contributed by atoms with van der Waals surface area (Å²) in [5.74, 6) is -2.88. The first-order valence-corrected chi connectivity index (χ1v) is 4.55. The third-order valence-corrected chi connectivity index (χ3v) is 2.46. The van der Waals surface area contributed by atoms with E-state index < -0.39 is 23.6 Å².